The molecule has 3 heterocycles. The van der Waals surface area contributed by atoms with Crippen LogP contribution < -0.4 is 5.32 Å². The van der Waals surface area contributed by atoms with E-state index in [9.17, 15) is 4.79 Å². The van der Waals surface area contributed by atoms with Crippen LogP contribution in [-0.2, 0) is 0 Å². The molecule has 94 valence electrons. The van der Waals surface area contributed by atoms with E-state index in [1.54, 1.807) is 41.5 Å². The van der Waals surface area contributed by atoms with Gasteiger partial charge in [-0.25, -0.2) is 9.67 Å². The van der Waals surface area contributed by atoms with Crippen LogP contribution >= 0.6 is 0 Å². The summed E-state index contributed by atoms with van der Waals surface area (Å²) in [5.41, 5.74) is 1.03. The fourth-order valence-corrected chi connectivity index (χ4v) is 1.64. The molecule has 0 aliphatic carbocycles. The second-order valence-electron chi connectivity index (χ2n) is 3.77. The SMILES string of the molecule is O=C(Nc1cccnc1-n1cccn1)c1cn[nH]c1. The highest BCUT2D eigenvalue weighted by Crippen LogP contribution is 2.16. The Morgan fingerprint density at radius 3 is 3.00 bits per heavy atom. The fraction of sp³-hybridized carbons (Fsp3) is 0. The van der Waals surface area contributed by atoms with Gasteiger partial charge >= 0.3 is 0 Å². The maximum atomic E-state index is 12.0. The second-order valence-corrected chi connectivity index (χ2v) is 3.77. The first kappa shape index (κ1) is 11.1. The Balaban J connectivity index is 1.92. The number of hydrogen-bond acceptors (Lipinski definition) is 4. The zero-order chi connectivity index (χ0) is 13.1. The van der Waals surface area contributed by atoms with Crippen molar-refractivity contribution in [2.24, 2.45) is 0 Å². The molecule has 7 nitrogen and oxygen atoms in total. The molecule has 3 aromatic rings. The normalized spacial score (nSPS) is 10.3. The topological polar surface area (TPSA) is 88.5 Å². The van der Waals surface area contributed by atoms with Crippen molar-refractivity contribution >= 4 is 11.6 Å². The van der Waals surface area contributed by atoms with Gasteiger partial charge in [0.1, 0.15) is 0 Å². The molecule has 0 radical (unpaired) electrons. The Labute approximate surface area is 108 Å². The van der Waals surface area contributed by atoms with Crippen LogP contribution in [0.2, 0.25) is 0 Å². The lowest BCUT2D eigenvalue weighted by molar-refractivity contribution is 0.102. The van der Waals surface area contributed by atoms with Crippen molar-refractivity contribution in [1.82, 2.24) is 25.0 Å². The molecule has 0 bridgehead atoms. The number of carbonyl (C=O) groups is 1. The van der Waals surface area contributed by atoms with E-state index >= 15 is 0 Å². The van der Waals surface area contributed by atoms with Crippen LogP contribution in [0.1, 0.15) is 10.4 Å². The maximum absolute atomic E-state index is 12.0. The predicted molar refractivity (Wildman–Crippen MR) is 67.9 cm³/mol. The number of nitrogens with zero attached hydrogens (tertiary/aromatic N) is 4. The zero-order valence-electron chi connectivity index (χ0n) is 9.82. The van der Waals surface area contributed by atoms with E-state index in [4.69, 9.17) is 0 Å². The highest BCUT2D eigenvalue weighted by Gasteiger charge is 2.11. The first-order valence-electron chi connectivity index (χ1n) is 5.60. The summed E-state index contributed by atoms with van der Waals surface area (Å²) in [6.45, 7) is 0. The molecule has 3 aromatic heterocycles. The Kier molecular flexibility index (Phi) is 2.77. The smallest absolute Gasteiger partial charge is 0.258 e. The van der Waals surface area contributed by atoms with E-state index in [1.807, 2.05) is 0 Å². The number of carbonyl (C=O) groups excluding carboxylic acids is 1. The minimum atomic E-state index is -0.254. The molecule has 2 N–H and O–H groups in total. The molecule has 0 aliphatic heterocycles. The molecule has 0 aliphatic rings. The lowest BCUT2D eigenvalue weighted by Gasteiger charge is -2.08. The van der Waals surface area contributed by atoms with E-state index in [-0.39, 0.29) is 5.91 Å². The number of nitrogens with one attached hydrogen (secondary N) is 2. The molecule has 7 heteroatoms. The van der Waals surface area contributed by atoms with Crippen LogP contribution in [0, 0.1) is 0 Å². The Hall–Kier alpha value is -2.96. The summed E-state index contributed by atoms with van der Waals surface area (Å²) in [4.78, 5) is 16.2. The predicted octanol–water partition coefficient (Wildman–Crippen LogP) is 1.24. The largest absolute Gasteiger partial charge is 0.319 e. The fourth-order valence-electron chi connectivity index (χ4n) is 1.64. The Morgan fingerprint density at radius 1 is 1.32 bits per heavy atom. The van der Waals surface area contributed by atoms with Gasteiger partial charge in [0.05, 0.1) is 17.4 Å². The molecule has 3 rings (SSSR count). The van der Waals surface area contributed by atoms with Crippen LogP contribution in [-0.4, -0.2) is 30.9 Å². The summed E-state index contributed by atoms with van der Waals surface area (Å²) in [5.74, 6) is 0.305. The number of anilines is 1. The van der Waals surface area contributed by atoms with Gasteiger partial charge in [-0.2, -0.15) is 10.2 Å². The van der Waals surface area contributed by atoms with Gasteiger partial charge < -0.3 is 5.32 Å². The van der Waals surface area contributed by atoms with E-state index in [1.165, 1.54) is 12.4 Å². The van der Waals surface area contributed by atoms with Gasteiger partial charge in [-0.15, -0.1) is 0 Å². The number of rotatable bonds is 3. The first-order valence-corrected chi connectivity index (χ1v) is 5.60. The van der Waals surface area contributed by atoms with Crippen LogP contribution in [0.25, 0.3) is 5.82 Å². The van der Waals surface area contributed by atoms with Gasteiger partial charge in [0.25, 0.3) is 5.91 Å². The molecule has 0 aromatic carbocycles. The van der Waals surface area contributed by atoms with E-state index < -0.39 is 0 Å². The number of amides is 1. The molecule has 0 saturated heterocycles. The summed E-state index contributed by atoms with van der Waals surface area (Å²) in [7, 11) is 0. The van der Waals surface area contributed by atoms with Gasteiger partial charge in [0.2, 0.25) is 0 Å². The summed E-state index contributed by atoms with van der Waals surface area (Å²) in [6, 6.07) is 5.30. The van der Waals surface area contributed by atoms with E-state index in [0.717, 1.165) is 0 Å². The zero-order valence-corrected chi connectivity index (χ0v) is 9.82. The third-order valence-electron chi connectivity index (χ3n) is 2.52. The van der Waals surface area contributed by atoms with Crippen LogP contribution in [0.3, 0.4) is 0 Å². The van der Waals surface area contributed by atoms with Crippen LogP contribution in [0.15, 0.2) is 49.2 Å². The second kappa shape index (κ2) is 4.73. The van der Waals surface area contributed by atoms with Gasteiger partial charge in [-0.3, -0.25) is 9.89 Å². The average molecular weight is 254 g/mol. The summed E-state index contributed by atoms with van der Waals surface area (Å²) < 4.78 is 1.59. The molecule has 0 saturated carbocycles. The monoisotopic (exact) mass is 254 g/mol. The van der Waals surface area contributed by atoms with Gasteiger partial charge in [0.15, 0.2) is 5.82 Å². The third kappa shape index (κ3) is 2.21. The molecule has 19 heavy (non-hydrogen) atoms. The number of pyridine rings is 1. The van der Waals surface area contributed by atoms with Crippen LogP contribution in [0.5, 0.6) is 0 Å². The molecule has 0 fully saturated rings. The maximum Gasteiger partial charge on any atom is 0.258 e. The molecule has 0 atom stereocenters. The molecular formula is C12H10N6O. The number of hydrogen-bond donors (Lipinski definition) is 2. The highest BCUT2D eigenvalue weighted by molar-refractivity contribution is 6.04. The standard InChI is InChI=1S/C12H10N6O/c19-12(9-7-14-15-8-9)17-10-3-1-4-13-11(10)18-6-2-5-16-18/h1-8H,(H,14,15)(H,17,19). The minimum absolute atomic E-state index is 0.254. The van der Waals surface area contributed by atoms with Gasteiger partial charge in [-0.05, 0) is 18.2 Å². The van der Waals surface area contributed by atoms with Crippen molar-refractivity contribution in [2.45, 2.75) is 0 Å². The first-order chi connectivity index (χ1) is 9.34. The number of aromatic amines is 1. The lowest BCUT2D eigenvalue weighted by atomic mass is 10.3. The van der Waals surface area contributed by atoms with Crippen molar-refractivity contribution in [3.63, 3.8) is 0 Å². The summed E-state index contributed by atoms with van der Waals surface area (Å²) in [5, 5.41) is 13.2. The van der Waals surface area contributed by atoms with E-state index in [0.29, 0.717) is 17.1 Å². The summed E-state index contributed by atoms with van der Waals surface area (Å²) in [6.07, 6.45) is 8.04. The van der Waals surface area contributed by atoms with Crippen molar-refractivity contribution in [2.75, 3.05) is 5.32 Å². The third-order valence-corrected chi connectivity index (χ3v) is 2.52. The molecule has 0 spiro atoms. The summed E-state index contributed by atoms with van der Waals surface area (Å²) >= 11 is 0. The van der Waals surface area contributed by atoms with Crippen molar-refractivity contribution < 1.29 is 4.79 Å². The van der Waals surface area contributed by atoms with Crippen molar-refractivity contribution in [1.29, 1.82) is 0 Å². The number of aromatic nitrogens is 5. The molecular weight excluding hydrogens is 244 g/mol. The van der Waals surface area contributed by atoms with Crippen molar-refractivity contribution in [3.05, 3.63) is 54.7 Å². The Bertz CT molecular complexity index is 674. The molecule has 1 amide bonds. The van der Waals surface area contributed by atoms with Crippen LogP contribution in [0.4, 0.5) is 5.69 Å². The van der Waals surface area contributed by atoms with E-state index in [2.05, 4.69) is 25.6 Å². The average Bonchev–Trinajstić information content (AvgIpc) is 3.13. The van der Waals surface area contributed by atoms with Gasteiger partial charge in [0, 0.05) is 24.8 Å². The number of H-pyrrole nitrogens is 1. The quantitative estimate of drug-likeness (QED) is 0.736. The lowest BCUT2D eigenvalue weighted by Crippen LogP contribution is -2.14. The highest BCUT2D eigenvalue weighted by atomic mass is 16.1. The minimum Gasteiger partial charge on any atom is -0.319 e. The van der Waals surface area contributed by atoms with Gasteiger partial charge in [-0.1, -0.05) is 0 Å². The Morgan fingerprint density at radius 2 is 2.26 bits per heavy atom. The van der Waals surface area contributed by atoms with Crippen molar-refractivity contribution in [3.8, 4) is 5.82 Å². The molecule has 0 unspecified atom stereocenters.